The number of hydrogen-bond acceptors (Lipinski definition) is 4. The van der Waals surface area contributed by atoms with Crippen molar-refractivity contribution in [3.63, 3.8) is 0 Å². The number of nitro benzene ring substituents is 1. The van der Waals surface area contributed by atoms with Crippen molar-refractivity contribution in [3.8, 4) is 0 Å². The van der Waals surface area contributed by atoms with E-state index in [1.54, 1.807) is 29.6 Å². The quantitative estimate of drug-likeness (QED) is 0.487. The second-order valence-corrected chi connectivity index (χ2v) is 5.35. The number of para-hydroxylation sites is 1. The van der Waals surface area contributed by atoms with Crippen LogP contribution in [0.1, 0.15) is 15.2 Å². The molecule has 0 saturated carbocycles. The lowest BCUT2D eigenvalue weighted by atomic mass is 10.1. The summed E-state index contributed by atoms with van der Waals surface area (Å²) in [5.74, 6) is -0.119. The summed E-state index contributed by atoms with van der Waals surface area (Å²) in [7, 11) is 0. The molecule has 0 amide bonds. The molecule has 0 radical (unpaired) electrons. The molecule has 0 bridgehead atoms. The van der Waals surface area contributed by atoms with Crippen LogP contribution in [0.25, 0.3) is 0 Å². The lowest BCUT2D eigenvalue weighted by Gasteiger charge is -2.01. The SMILES string of the molecule is O=C(Cc1ccccc1[N+](=O)[O-])c1sccc1Br. The van der Waals surface area contributed by atoms with Gasteiger partial charge in [-0.2, -0.15) is 0 Å². The fourth-order valence-corrected chi connectivity index (χ4v) is 3.12. The molecule has 1 aromatic heterocycles. The van der Waals surface area contributed by atoms with E-state index in [1.807, 2.05) is 0 Å². The number of nitro groups is 1. The summed E-state index contributed by atoms with van der Waals surface area (Å²) in [6, 6.07) is 8.09. The number of halogens is 1. The van der Waals surface area contributed by atoms with Gasteiger partial charge in [-0.3, -0.25) is 14.9 Å². The number of thiophene rings is 1. The van der Waals surface area contributed by atoms with Crippen molar-refractivity contribution in [3.05, 3.63) is 60.7 Å². The number of benzene rings is 1. The normalized spacial score (nSPS) is 10.3. The Morgan fingerprint density at radius 3 is 2.67 bits per heavy atom. The molecule has 1 heterocycles. The Kier molecular flexibility index (Phi) is 3.88. The van der Waals surface area contributed by atoms with E-state index >= 15 is 0 Å². The van der Waals surface area contributed by atoms with E-state index in [0.717, 1.165) is 4.47 Å². The van der Waals surface area contributed by atoms with Crippen LogP contribution in [0.15, 0.2) is 40.2 Å². The summed E-state index contributed by atoms with van der Waals surface area (Å²) in [5, 5.41) is 12.6. The number of rotatable bonds is 4. The van der Waals surface area contributed by atoms with Gasteiger partial charge in [-0.05, 0) is 27.4 Å². The number of carbonyl (C=O) groups excluding carboxylic acids is 1. The van der Waals surface area contributed by atoms with Gasteiger partial charge in [0.25, 0.3) is 5.69 Å². The molecule has 0 aliphatic rings. The monoisotopic (exact) mass is 325 g/mol. The van der Waals surface area contributed by atoms with E-state index in [1.165, 1.54) is 17.4 Å². The zero-order chi connectivity index (χ0) is 13.1. The predicted octanol–water partition coefficient (Wildman–Crippen LogP) is 3.84. The summed E-state index contributed by atoms with van der Waals surface area (Å²) in [4.78, 5) is 23.0. The van der Waals surface area contributed by atoms with E-state index in [4.69, 9.17) is 0 Å². The Bertz CT molecular complexity index is 609. The van der Waals surface area contributed by atoms with Crippen molar-refractivity contribution in [2.24, 2.45) is 0 Å². The highest BCUT2D eigenvalue weighted by Crippen LogP contribution is 2.26. The van der Waals surface area contributed by atoms with E-state index < -0.39 is 4.92 Å². The minimum Gasteiger partial charge on any atom is -0.293 e. The van der Waals surface area contributed by atoms with Gasteiger partial charge < -0.3 is 0 Å². The summed E-state index contributed by atoms with van der Waals surface area (Å²) in [6.45, 7) is 0. The minimum absolute atomic E-state index is 0.0153. The molecule has 4 nitrogen and oxygen atoms in total. The van der Waals surface area contributed by atoms with Crippen LogP contribution in [0.5, 0.6) is 0 Å². The Labute approximate surface area is 116 Å². The molecular weight excluding hydrogens is 318 g/mol. The van der Waals surface area contributed by atoms with Gasteiger partial charge in [0.15, 0.2) is 5.78 Å². The zero-order valence-electron chi connectivity index (χ0n) is 9.13. The van der Waals surface area contributed by atoms with Gasteiger partial charge in [0.1, 0.15) is 0 Å². The smallest absolute Gasteiger partial charge is 0.273 e. The van der Waals surface area contributed by atoms with Gasteiger partial charge in [-0.15, -0.1) is 11.3 Å². The molecule has 0 unspecified atom stereocenters. The maximum Gasteiger partial charge on any atom is 0.273 e. The van der Waals surface area contributed by atoms with Gasteiger partial charge in [0.05, 0.1) is 9.80 Å². The largest absolute Gasteiger partial charge is 0.293 e. The van der Waals surface area contributed by atoms with Crippen molar-refractivity contribution in [1.29, 1.82) is 0 Å². The Morgan fingerprint density at radius 2 is 2.06 bits per heavy atom. The minimum atomic E-state index is -0.466. The maximum atomic E-state index is 12.0. The van der Waals surface area contributed by atoms with E-state index in [2.05, 4.69) is 15.9 Å². The highest BCUT2D eigenvalue weighted by molar-refractivity contribution is 9.10. The third-order valence-corrected chi connectivity index (χ3v) is 4.29. The standard InChI is InChI=1S/C12H8BrNO3S/c13-9-5-6-18-12(9)11(15)7-8-3-1-2-4-10(8)14(16)17/h1-6H,7H2. The van der Waals surface area contributed by atoms with E-state index in [-0.39, 0.29) is 17.9 Å². The summed E-state index contributed by atoms with van der Waals surface area (Å²) >= 11 is 4.61. The second-order valence-electron chi connectivity index (χ2n) is 3.58. The van der Waals surface area contributed by atoms with Gasteiger partial charge in [0, 0.05) is 22.5 Å². The predicted molar refractivity (Wildman–Crippen MR) is 73.1 cm³/mol. The summed E-state index contributed by atoms with van der Waals surface area (Å²) < 4.78 is 0.732. The fraction of sp³-hybridized carbons (Fsp3) is 0.0833. The van der Waals surface area contributed by atoms with Gasteiger partial charge in [-0.1, -0.05) is 18.2 Å². The van der Waals surface area contributed by atoms with Crippen LogP contribution in [0, 0.1) is 10.1 Å². The highest BCUT2D eigenvalue weighted by atomic mass is 79.9. The fourth-order valence-electron chi connectivity index (χ4n) is 1.58. The van der Waals surface area contributed by atoms with Crippen molar-refractivity contribution in [2.75, 3.05) is 0 Å². The first-order chi connectivity index (χ1) is 8.59. The maximum absolute atomic E-state index is 12.0. The molecule has 2 aromatic rings. The number of Topliss-reactive ketones (excluding diaryl/α,β-unsaturated/α-hetero) is 1. The zero-order valence-corrected chi connectivity index (χ0v) is 11.5. The van der Waals surface area contributed by atoms with E-state index in [9.17, 15) is 14.9 Å². The molecule has 18 heavy (non-hydrogen) atoms. The summed E-state index contributed by atoms with van der Waals surface area (Å²) in [6.07, 6.45) is 0.0380. The van der Waals surface area contributed by atoms with Crippen LogP contribution >= 0.6 is 27.3 Å². The van der Waals surface area contributed by atoms with Crippen molar-refractivity contribution >= 4 is 38.7 Å². The van der Waals surface area contributed by atoms with Crippen molar-refractivity contribution in [2.45, 2.75) is 6.42 Å². The first-order valence-corrected chi connectivity index (χ1v) is 6.75. The molecule has 0 saturated heterocycles. The molecule has 0 fully saturated rings. The van der Waals surface area contributed by atoms with Crippen LogP contribution in [0.3, 0.4) is 0 Å². The average molecular weight is 326 g/mol. The number of nitrogens with zero attached hydrogens (tertiary/aromatic N) is 1. The number of ketones is 1. The lowest BCUT2D eigenvalue weighted by molar-refractivity contribution is -0.385. The molecule has 6 heteroatoms. The first kappa shape index (κ1) is 12.9. The van der Waals surface area contributed by atoms with Crippen molar-refractivity contribution < 1.29 is 9.72 Å². The van der Waals surface area contributed by atoms with Crippen molar-refractivity contribution in [1.82, 2.24) is 0 Å². The van der Waals surface area contributed by atoms with Crippen LogP contribution in [-0.4, -0.2) is 10.7 Å². The van der Waals surface area contributed by atoms with Crippen LogP contribution < -0.4 is 0 Å². The number of hydrogen-bond donors (Lipinski definition) is 0. The molecule has 0 N–H and O–H groups in total. The highest BCUT2D eigenvalue weighted by Gasteiger charge is 2.18. The third kappa shape index (κ3) is 2.65. The topological polar surface area (TPSA) is 60.2 Å². The van der Waals surface area contributed by atoms with Crippen LogP contribution in [0.4, 0.5) is 5.69 Å². The molecule has 0 aliphatic heterocycles. The summed E-state index contributed by atoms with van der Waals surface area (Å²) in [5.41, 5.74) is 0.423. The average Bonchev–Trinajstić information content (AvgIpc) is 2.76. The molecule has 0 atom stereocenters. The third-order valence-electron chi connectivity index (χ3n) is 2.41. The molecule has 0 spiro atoms. The Balaban J connectivity index is 2.28. The van der Waals surface area contributed by atoms with Gasteiger partial charge in [-0.25, -0.2) is 0 Å². The molecule has 0 aliphatic carbocycles. The Hall–Kier alpha value is -1.53. The van der Waals surface area contributed by atoms with Crippen LogP contribution in [-0.2, 0) is 6.42 Å². The first-order valence-electron chi connectivity index (χ1n) is 5.08. The second kappa shape index (κ2) is 5.41. The molecule has 2 rings (SSSR count). The molecule has 92 valence electrons. The molecular formula is C12H8BrNO3S. The van der Waals surface area contributed by atoms with Crippen LogP contribution in [0.2, 0.25) is 0 Å². The Morgan fingerprint density at radius 1 is 1.33 bits per heavy atom. The lowest BCUT2D eigenvalue weighted by Crippen LogP contribution is -2.04. The van der Waals surface area contributed by atoms with E-state index in [0.29, 0.717) is 10.4 Å². The van der Waals surface area contributed by atoms with Gasteiger partial charge in [0.2, 0.25) is 0 Å². The molecule has 1 aromatic carbocycles. The number of carbonyl (C=O) groups is 1. The van der Waals surface area contributed by atoms with Gasteiger partial charge >= 0.3 is 0 Å².